The summed E-state index contributed by atoms with van der Waals surface area (Å²) in [6.45, 7) is 6.96. The van der Waals surface area contributed by atoms with E-state index in [1.807, 2.05) is 6.92 Å². The van der Waals surface area contributed by atoms with Crippen molar-refractivity contribution in [2.75, 3.05) is 0 Å². The van der Waals surface area contributed by atoms with Crippen LogP contribution in [0.2, 0.25) is 0 Å². The van der Waals surface area contributed by atoms with Crippen molar-refractivity contribution in [2.45, 2.75) is 44.0 Å². The van der Waals surface area contributed by atoms with Crippen molar-refractivity contribution in [1.29, 1.82) is 0 Å². The number of aromatic nitrogens is 3. The minimum atomic E-state index is -1.46. The van der Waals surface area contributed by atoms with Crippen LogP contribution in [0.3, 0.4) is 0 Å². The summed E-state index contributed by atoms with van der Waals surface area (Å²) in [4.78, 5) is 0. The first-order chi connectivity index (χ1) is 7.36. The van der Waals surface area contributed by atoms with Crippen molar-refractivity contribution in [1.82, 2.24) is 15.0 Å². The fourth-order valence-corrected chi connectivity index (χ4v) is 2.17. The standard InChI is InChI=1S/C10H16Cl3N3/c1-4-5-16-9(10(11,12)13)8(14-15-16)6-7(2)3/h7H,4-6H2,1-3H3. The highest BCUT2D eigenvalue weighted by atomic mass is 35.6. The molecule has 0 unspecified atom stereocenters. The van der Waals surface area contributed by atoms with Crippen LogP contribution in [0.25, 0.3) is 0 Å². The van der Waals surface area contributed by atoms with E-state index in [2.05, 4.69) is 24.2 Å². The first-order valence-electron chi connectivity index (χ1n) is 5.35. The van der Waals surface area contributed by atoms with Gasteiger partial charge in [0.15, 0.2) is 0 Å². The molecule has 1 heterocycles. The van der Waals surface area contributed by atoms with E-state index in [0.717, 1.165) is 18.5 Å². The second kappa shape index (κ2) is 5.56. The average molecular weight is 285 g/mol. The van der Waals surface area contributed by atoms with Crippen molar-refractivity contribution in [3.05, 3.63) is 11.4 Å². The predicted molar refractivity (Wildman–Crippen MR) is 68.1 cm³/mol. The molecule has 6 heteroatoms. The Hall–Kier alpha value is 0.01000. The summed E-state index contributed by atoms with van der Waals surface area (Å²) >= 11 is 17.9. The Labute approximate surface area is 111 Å². The lowest BCUT2D eigenvalue weighted by Crippen LogP contribution is -2.14. The van der Waals surface area contributed by atoms with Gasteiger partial charge in [-0.1, -0.05) is 60.8 Å². The summed E-state index contributed by atoms with van der Waals surface area (Å²) in [6.07, 6.45) is 1.70. The van der Waals surface area contributed by atoms with Crippen LogP contribution in [0.4, 0.5) is 0 Å². The second-order valence-electron chi connectivity index (χ2n) is 4.20. The first-order valence-corrected chi connectivity index (χ1v) is 6.49. The van der Waals surface area contributed by atoms with Gasteiger partial charge in [-0.25, -0.2) is 4.68 Å². The third kappa shape index (κ3) is 3.51. The molecular formula is C10H16Cl3N3. The lowest BCUT2D eigenvalue weighted by Gasteiger charge is -2.15. The molecule has 0 amide bonds. The van der Waals surface area contributed by atoms with E-state index in [0.29, 0.717) is 18.2 Å². The molecule has 16 heavy (non-hydrogen) atoms. The molecule has 3 nitrogen and oxygen atoms in total. The van der Waals surface area contributed by atoms with Gasteiger partial charge in [0.2, 0.25) is 3.79 Å². The highest BCUT2D eigenvalue weighted by Crippen LogP contribution is 2.39. The summed E-state index contributed by atoms with van der Waals surface area (Å²) in [6, 6.07) is 0. The van der Waals surface area contributed by atoms with E-state index in [1.165, 1.54) is 0 Å². The summed E-state index contributed by atoms with van der Waals surface area (Å²) in [5, 5.41) is 8.14. The van der Waals surface area contributed by atoms with Crippen molar-refractivity contribution < 1.29 is 0 Å². The molecule has 0 bridgehead atoms. The highest BCUT2D eigenvalue weighted by Gasteiger charge is 2.32. The van der Waals surface area contributed by atoms with Crippen LogP contribution in [-0.2, 0) is 16.8 Å². The lowest BCUT2D eigenvalue weighted by atomic mass is 10.1. The van der Waals surface area contributed by atoms with Gasteiger partial charge in [-0.3, -0.25) is 0 Å². The van der Waals surface area contributed by atoms with Gasteiger partial charge in [0, 0.05) is 6.54 Å². The van der Waals surface area contributed by atoms with Crippen molar-refractivity contribution in [2.24, 2.45) is 5.92 Å². The molecule has 0 spiro atoms. The molecule has 1 aromatic rings. The van der Waals surface area contributed by atoms with Gasteiger partial charge in [-0.15, -0.1) is 5.10 Å². The molecule has 0 saturated carbocycles. The number of halogens is 3. The molecule has 0 aliphatic carbocycles. The van der Waals surface area contributed by atoms with Crippen molar-refractivity contribution >= 4 is 34.8 Å². The van der Waals surface area contributed by atoms with Crippen LogP contribution in [-0.4, -0.2) is 15.0 Å². The van der Waals surface area contributed by atoms with Gasteiger partial charge in [-0.05, 0) is 18.8 Å². The first kappa shape index (κ1) is 14.1. The Morgan fingerprint density at radius 3 is 2.38 bits per heavy atom. The number of alkyl halides is 3. The Morgan fingerprint density at radius 1 is 1.31 bits per heavy atom. The number of hydrogen-bond acceptors (Lipinski definition) is 2. The molecule has 1 aromatic heterocycles. The summed E-state index contributed by atoms with van der Waals surface area (Å²) in [5.41, 5.74) is 1.39. The predicted octanol–water partition coefficient (Wildman–Crippen LogP) is 3.71. The van der Waals surface area contributed by atoms with E-state index in [-0.39, 0.29) is 0 Å². The van der Waals surface area contributed by atoms with Gasteiger partial charge < -0.3 is 0 Å². The van der Waals surface area contributed by atoms with Crippen LogP contribution >= 0.6 is 34.8 Å². The summed E-state index contributed by atoms with van der Waals surface area (Å²) in [7, 11) is 0. The van der Waals surface area contributed by atoms with Crippen molar-refractivity contribution in [3.8, 4) is 0 Å². The molecule has 92 valence electrons. The SMILES string of the molecule is CCCn1nnc(CC(C)C)c1C(Cl)(Cl)Cl. The minimum absolute atomic E-state index is 0.456. The monoisotopic (exact) mass is 283 g/mol. The van der Waals surface area contributed by atoms with Gasteiger partial charge >= 0.3 is 0 Å². The number of rotatable bonds is 4. The molecule has 0 saturated heterocycles. The van der Waals surface area contributed by atoms with Crippen LogP contribution in [0.1, 0.15) is 38.6 Å². The molecule has 0 aliphatic heterocycles. The number of aryl methyl sites for hydroxylation is 1. The molecule has 0 aliphatic rings. The van der Waals surface area contributed by atoms with Crippen LogP contribution < -0.4 is 0 Å². The zero-order valence-electron chi connectivity index (χ0n) is 9.67. The zero-order chi connectivity index (χ0) is 12.3. The Kier molecular flexibility index (Phi) is 4.89. The Bertz CT molecular complexity index is 342. The Balaban J connectivity index is 3.09. The number of hydrogen-bond donors (Lipinski definition) is 0. The maximum atomic E-state index is 5.96. The maximum absolute atomic E-state index is 5.96. The highest BCUT2D eigenvalue weighted by molar-refractivity contribution is 6.66. The maximum Gasteiger partial charge on any atom is 0.234 e. The normalized spacial score (nSPS) is 12.4. The minimum Gasteiger partial charge on any atom is -0.245 e. The van der Waals surface area contributed by atoms with Gasteiger partial charge in [0.05, 0.1) is 5.69 Å². The third-order valence-corrected chi connectivity index (χ3v) is 2.65. The molecular weight excluding hydrogens is 268 g/mol. The summed E-state index contributed by atoms with van der Waals surface area (Å²) < 4.78 is 0.230. The van der Waals surface area contributed by atoms with Gasteiger partial charge in [0.25, 0.3) is 0 Å². The average Bonchev–Trinajstić information content (AvgIpc) is 2.46. The summed E-state index contributed by atoms with van der Waals surface area (Å²) in [5.74, 6) is 0.456. The van der Waals surface area contributed by atoms with Crippen LogP contribution in [0.5, 0.6) is 0 Å². The van der Waals surface area contributed by atoms with E-state index in [4.69, 9.17) is 34.8 Å². The van der Waals surface area contributed by atoms with Gasteiger partial charge in [0.1, 0.15) is 5.69 Å². The Morgan fingerprint density at radius 2 is 1.94 bits per heavy atom. The fraction of sp³-hybridized carbons (Fsp3) is 0.800. The molecule has 0 radical (unpaired) electrons. The molecule has 0 N–H and O–H groups in total. The molecule has 1 rings (SSSR count). The van der Waals surface area contributed by atoms with E-state index >= 15 is 0 Å². The largest absolute Gasteiger partial charge is 0.245 e. The smallest absolute Gasteiger partial charge is 0.234 e. The van der Waals surface area contributed by atoms with E-state index in [1.54, 1.807) is 4.68 Å². The van der Waals surface area contributed by atoms with E-state index in [9.17, 15) is 0 Å². The molecule has 0 atom stereocenters. The van der Waals surface area contributed by atoms with Crippen LogP contribution in [0, 0.1) is 5.92 Å². The third-order valence-electron chi connectivity index (χ3n) is 2.11. The zero-order valence-corrected chi connectivity index (χ0v) is 11.9. The fourth-order valence-electron chi connectivity index (χ4n) is 1.55. The van der Waals surface area contributed by atoms with Gasteiger partial charge in [-0.2, -0.15) is 0 Å². The molecule has 0 aromatic carbocycles. The lowest BCUT2D eigenvalue weighted by molar-refractivity contribution is 0.558. The second-order valence-corrected chi connectivity index (χ2v) is 6.48. The quantitative estimate of drug-likeness (QED) is 0.789. The van der Waals surface area contributed by atoms with Crippen molar-refractivity contribution in [3.63, 3.8) is 0 Å². The topological polar surface area (TPSA) is 30.7 Å². The van der Waals surface area contributed by atoms with E-state index < -0.39 is 3.79 Å². The van der Waals surface area contributed by atoms with Crippen LogP contribution in [0.15, 0.2) is 0 Å². The number of nitrogens with zero attached hydrogens (tertiary/aromatic N) is 3. The molecule has 0 fully saturated rings.